The Hall–Kier alpha value is -2.54. The Labute approximate surface area is 185 Å². The Balaban J connectivity index is 1.92. The van der Waals surface area contributed by atoms with E-state index in [4.69, 9.17) is 14.7 Å². The maximum Gasteiger partial charge on any atom is 0.240 e. The molecule has 0 saturated carbocycles. The lowest BCUT2D eigenvalue weighted by atomic mass is 9.97. The van der Waals surface area contributed by atoms with Crippen molar-refractivity contribution in [2.75, 3.05) is 31.7 Å². The summed E-state index contributed by atoms with van der Waals surface area (Å²) in [5.41, 5.74) is 2.62. The molecule has 2 heterocycles. The highest BCUT2D eigenvalue weighted by Crippen LogP contribution is 2.27. The molecule has 1 aromatic heterocycles. The first kappa shape index (κ1) is 23.1. The lowest BCUT2D eigenvalue weighted by Gasteiger charge is -2.27. The molecule has 0 spiro atoms. The average molecular weight is 426 g/mol. The van der Waals surface area contributed by atoms with Gasteiger partial charge in [-0.2, -0.15) is 0 Å². The first-order chi connectivity index (χ1) is 15.0. The minimum Gasteiger partial charge on any atom is -0.379 e. The van der Waals surface area contributed by atoms with Crippen molar-refractivity contribution in [2.45, 2.75) is 64.3 Å². The summed E-state index contributed by atoms with van der Waals surface area (Å²) < 4.78 is 5.46. The van der Waals surface area contributed by atoms with Crippen molar-refractivity contribution >= 4 is 17.4 Å². The Morgan fingerprint density at radius 1 is 1.29 bits per heavy atom. The Kier molecular flexibility index (Phi) is 7.96. The third-order valence-corrected chi connectivity index (χ3v) is 5.85. The number of carbonyl (C=O) groups excluding carboxylic acids is 1. The lowest BCUT2D eigenvalue weighted by Crippen LogP contribution is -2.49. The number of amides is 1. The maximum absolute atomic E-state index is 12.8. The molecule has 1 atom stereocenters. The van der Waals surface area contributed by atoms with Crippen molar-refractivity contribution < 1.29 is 9.53 Å². The number of nitrogens with zero attached hydrogens (tertiary/aromatic N) is 4. The molecule has 0 aromatic carbocycles. The monoisotopic (exact) mass is 425 g/mol. The van der Waals surface area contributed by atoms with Gasteiger partial charge in [0.1, 0.15) is 11.5 Å². The van der Waals surface area contributed by atoms with Crippen LogP contribution in [0.25, 0.3) is 0 Å². The second-order valence-electron chi connectivity index (χ2n) is 8.67. The van der Waals surface area contributed by atoms with E-state index in [1.54, 1.807) is 0 Å². The maximum atomic E-state index is 12.8. The average Bonchev–Trinajstić information content (AvgIpc) is 3.13. The van der Waals surface area contributed by atoms with Crippen LogP contribution in [0, 0.1) is 0 Å². The molecule has 31 heavy (non-hydrogen) atoms. The van der Waals surface area contributed by atoms with Gasteiger partial charge in [0.25, 0.3) is 0 Å². The molecule has 1 N–H and O–H groups in total. The third kappa shape index (κ3) is 6.00. The van der Waals surface area contributed by atoms with E-state index in [1.807, 2.05) is 37.9 Å². The third-order valence-electron chi connectivity index (χ3n) is 5.85. The van der Waals surface area contributed by atoms with Gasteiger partial charge in [0.2, 0.25) is 5.91 Å². The van der Waals surface area contributed by atoms with Crippen LogP contribution in [0.4, 0.5) is 5.82 Å². The molecule has 1 unspecified atom stereocenters. The largest absolute Gasteiger partial charge is 0.379 e. The molecule has 7 heteroatoms. The fourth-order valence-electron chi connectivity index (χ4n) is 4.22. The predicted octanol–water partition coefficient (Wildman–Crippen LogP) is 3.38. The highest BCUT2D eigenvalue weighted by atomic mass is 16.5. The van der Waals surface area contributed by atoms with Gasteiger partial charge in [-0.05, 0) is 52.0 Å². The number of carbonyl (C=O) groups is 1. The Morgan fingerprint density at radius 2 is 2.06 bits per heavy atom. The minimum absolute atomic E-state index is 0.0244. The number of rotatable bonds is 7. The van der Waals surface area contributed by atoms with Gasteiger partial charge in [0.15, 0.2) is 5.82 Å². The second-order valence-corrected chi connectivity index (χ2v) is 8.67. The van der Waals surface area contributed by atoms with Crippen LogP contribution in [0.2, 0.25) is 0 Å². The molecule has 1 saturated heterocycles. The SMILES string of the molecule is C=CN=C(/C=C/C)c1nc2c(c(N(C)CC(=O)NC3(C)CCOC3)n1)CCCCCC2. The van der Waals surface area contributed by atoms with E-state index in [1.165, 1.54) is 19.0 Å². The fourth-order valence-corrected chi connectivity index (χ4v) is 4.22. The number of nitrogens with one attached hydrogen (secondary N) is 1. The first-order valence-corrected chi connectivity index (χ1v) is 11.3. The van der Waals surface area contributed by atoms with Crippen LogP contribution in [0.1, 0.15) is 63.0 Å². The molecule has 1 fully saturated rings. The summed E-state index contributed by atoms with van der Waals surface area (Å²) in [5.74, 6) is 1.38. The molecule has 0 radical (unpaired) electrons. The van der Waals surface area contributed by atoms with Crippen LogP contribution < -0.4 is 10.2 Å². The van der Waals surface area contributed by atoms with Crippen molar-refractivity contribution in [3.63, 3.8) is 0 Å². The molecule has 3 rings (SSSR count). The normalized spacial score (nSPS) is 22.0. The molecular weight excluding hydrogens is 390 g/mol. The van der Waals surface area contributed by atoms with E-state index < -0.39 is 0 Å². The summed E-state index contributed by atoms with van der Waals surface area (Å²) >= 11 is 0. The van der Waals surface area contributed by atoms with Gasteiger partial charge in [-0.3, -0.25) is 9.79 Å². The number of allylic oxidation sites excluding steroid dienone is 2. The van der Waals surface area contributed by atoms with Crippen LogP contribution in [-0.4, -0.2) is 53.9 Å². The topological polar surface area (TPSA) is 79.7 Å². The fraction of sp³-hybridized carbons (Fsp3) is 0.583. The van der Waals surface area contributed by atoms with Crippen molar-refractivity contribution in [1.82, 2.24) is 15.3 Å². The van der Waals surface area contributed by atoms with Crippen molar-refractivity contribution in [3.8, 4) is 0 Å². The van der Waals surface area contributed by atoms with Crippen LogP contribution in [0.3, 0.4) is 0 Å². The Bertz CT molecular complexity index is 856. The number of ether oxygens (including phenoxy) is 1. The predicted molar refractivity (Wildman–Crippen MR) is 125 cm³/mol. The van der Waals surface area contributed by atoms with Gasteiger partial charge in [-0.25, -0.2) is 9.97 Å². The number of likely N-dealkylation sites (N-methyl/N-ethyl adjacent to an activating group) is 1. The standard InChI is InChI=1S/C24H35N5O2/c1-5-11-20(25-6-2)22-26-19-13-10-8-7-9-12-18(19)23(27-22)29(4)16-21(30)28-24(3)14-15-31-17-24/h5-6,11H,2,7-10,12-17H2,1,3-4H3,(H,28,30)/b11-5+,25-20?. The number of aromatic nitrogens is 2. The zero-order valence-electron chi connectivity index (χ0n) is 19.1. The molecule has 1 aliphatic carbocycles. The zero-order valence-corrected chi connectivity index (χ0v) is 19.1. The van der Waals surface area contributed by atoms with Crippen LogP contribution in [0.5, 0.6) is 0 Å². The van der Waals surface area contributed by atoms with Crippen molar-refractivity contribution in [3.05, 3.63) is 42.0 Å². The quantitative estimate of drug-likeness (QED) is 0.678. The van der Waals surface area contributed by atoms with E-state index in [0.29, 0.717) is 24.7 Å². The molecule has 1 aliphatic heterocycles. The van der Waals surface area contributed by atoms with Gasteiger partial charge in [0, 0.05) is 31.1 Å². The number of fused-ring (bicyclic) bond motifs is 1. The van der Waals surface area contributed by atoms with Gasteiger partial charge in [-0.1, -0.05) is 25.5 Å². The first-order valence-electron chi connectivity index (χ1n) is 11.3. The molecule has 0 bridgehead atoms. The molecule has 1 aromatic rings. The number of anilines is 1. The van der Waals surface area contributed by atoms with Crippen LogP contribution in [-0.2, 0) is 22.4 Å². The summed E-state index contributed by atoms with van der Waals surface area (Å²) in [5, 5.41) is 3.14. The summed E-state index contributed by atoms with van der Waals surface area (Å²) in [7, 11) is 1.93. The number of aliphatic imine (C=N–C) groups is 1. The van der Waals surface area contributed by atoms with E-state index in [0.717, 1.165) is 49.2 Å². The van der Waals surface area contributed by atoms with E-state index in [2.05, 4.69) is 16.9 Å². The molecule has 2 aliphatic rings. The Morgan fingerprint density at radius 3 is 2.74 bits per heavy atom. The summed E-state index contributed by atoms with van der Waals surface area (Å²) in [6.45, 7) is 9.17. The highest BCUT2D eigenvalue weighted by molar-refractivity contribution is 6.06. The van der Waals surface area contributed by atoms with Gasteiger partial charge < -0.3 is 15.0 Å². The van der Waals surface area contributed by atoms with Crippen molar-refractivity contribution in [2.24, 2.45) is 4.99 Å². The van der Waals surface area contributed by atoms with Crippen molar-refractivity contribution in [1.29, 1.82) is 0 Å². The summed E-state index contributed by atoms with van der Waals surface area (Å²) in [6, 6.07) is 0. The smallest absolute Gasteiger partial charge is 0.240 e. The van der Waals surface area contributed by atoms with Gasteiger partial charge >= 0.3 is 0 Å². The molecule has 1 amide bonds. The second kappa shape index (κ2) is 10.7. The molecule has 7 nitrogen and oxygen atoms in total. The zero-order chi connectivity index (χ0) is 22.3. The lowest BCUT2D eigenvalue weighted by molar-refractivity contribution is -0.121. The number of hydrogen-bond acceptors (Lipinski definition) is 6. The van der Waals surface area contributed by atoms with Gasteiger partial charge in [0.05, 0.1) is 18.7 Å². The number of hydrogen-bond donors (Lipinski definition) is 1. The summed E-state index contributed by atoms with van der Waals surface area (Å²) in [6.07, 6.45) is 12.7. The highest BCUT2D eigenvalue weighted by Gasteiger charge is 2.31. The van der Waals surface area contributed by atoms with E-state index in [9.17, 15) is 4.79 Å². The minimum atomic E-state index is -0.292. The van der Waals surface area contributed by atoms with E-state index in [-0.39, 0.29) is 18.0 Å². The summed E-state index contributed by atoms with van der Waals surface area (Å²) in [4.78, 5) is 28.9. The van der Waals surface area contributed by atoms with Crippen LogP contribution in [0.15, 0.2) is 29.9 Å². The van der Waals surface area contributed by atoms with Gasteiger partial charge in [-0.15, -0.1) is 0 Å². The molecular formula is C24H35N5O2. The molecule has 168 valence electrons. The number of aryl methyl sites for hydroxylation is 1. The van der Waals surface area contributed by atoms with Crippen LogP contribution >= 0.6 is 0 Å². The van der Waals surface area contributed by atoms with E-state index >= 15 is 0 Å².